The minimum absolute atomic E-state index is 0.0103. The second-order valence-electron chi connectivity index (χ2n) is 19.7. The molecule has 0 bridgehead atoms. The number of anilines is 1. The van der Waals surface area contributed by atoms with Crippen molar-refractivity contribution >= 4 is 62.7 Å². The number of nitrogens with zero attached hydrogens (tertiary/aromatic N) is 3. The Kier molecular flexibility index (Phi) is 18.9. The molecule has 5 amide bonds. The number of imide groups is 1. The summed E-state index contributed by atoms with van der Waals surface area (Å²) in [5.41, 5.74) is 4.69. The van der Waals surface area contributed by atoms with Gasteiger partial charge in [-0.1, -0.05) is 82.9 Å². The number of carbonyl (C=O) groups is 6. The first-order valence-corrected chi connectivity index (χ1v) is 27.4. The van der Waals surface area contributed by atoms with Crippen molar-refractivity contribution in [1.82, 2.24) is 25.4 Å². The van der Waals surface area contributed by atoms with Gasteiger partial charge in [0.2, 0.25) is 17.7 Å². The molecular weight excluding hydrogens is 961 g/mol. The van der Waals surface area contributed by atoms with Crippen LogP contribution in [-0.4, -0.2) is 121 Å². The van der Waals surface area contributed by atoms with E-state index in [4.69, 9.17) is 9.47 Å². The monoisotopic (exact) mass is 1030 g/mol. The van der Waals surface area contributed by atoms with Crippen LogP contribution in [0.5, 0.6) is 11.5 Å². The van der Waals surface area contributed by atoms with Gasteiger partial charge in [0.15, 0.2) is 11.5 Å². The van der Waals surface area contributed by atoms with Gasteiger partial charge in [-0.15, -0.1) is 11.3 Å². The molecule has 0 radical (unpaired) electrons. The summed E-state index contributed by atoms with van der Waals surface area (Å²) < 4.78 is 36.4. The summed E-state index contributed by atoms with van der Waals surface area (Å²) in [6.45, 7) is 10.3. The maximum atomic E-state index is 14.2. The number of carbonyl (C=O) groups excluding carboxylic acids is 6. The van der Waals surface area contributed by atoms with E-state index < -0.39 is 57.0 Å². The summed E-state index contributed by atoms with van der Waals surface area (Å²) in [5.74, 6) is -2.58. The zero-order valence-corrected chi connectivity index (χ0v) is 43.8. The standard InChI is InChI=1S/C53H68N6O11S2/c1-8-70-44-25-37(23-24-43(44)69-6)42(31-72(7,67)68)59-50(64)39-16-14-17-40(46(39)51(59)65)57-45(62)18-13-11-9-10-12-15-35(30-60)28-54-48(53(3,4)5)52(66)58-29-38(61)26-41(58)49(63)55-27-34-19-21-36(22-20-34)47-33(2)56-32-71-47/h14,16-17,19-25,30,32,35,38,41-42,48,54,61H,8-13,15,18,26-29,31H2,1-7H3,(H,55,63)(H,57,62)/t35?,38-,41+,42-,48-/m1/s1. The average Bonchev–Trinajstić information content (AvgIpc) is 4.02. The van der Waals surface area contributed by atoms with E-state index in [-0.39, 0.29) is 72.9 Å². The van der Waals surface area contributed by atoms with Crippen LogP contribution >= 0.6 is 11.3 Å². The van der Waals surface area contributed by atoms with Crippen molar-refractivity contribution in [2.45, 2.75) is 117 Å². The number of thiazole rings is 1. The number of β-amino-alcohol motifs (C(OH)–C–C–N with tert-alkyl or cyclic N) is 1. The fourth-order valence-corrected chi connectivity index (χ4v) is 11.0. The molecular formula is C53H68N6O11S2. The number of likely N-dealkylation sites (tertiary alicyclic amines) is 1. The van der Waals surface area contributed by atoms with Gasteiger partial charge in [-0.3, -0.25) is 28.9 Å². The highest BCUT2D eigenvalue weighted by atomic mass is 32.2. The van der Waals surface area contributed by atoms with Crippen LogP contribution in [0.1, 0.15) is 123 Å². The highest BCUT2D eigenvalue weighted by molar-refractivity contribution is 7.90. The smallest absolute Gasteiger partial charge is 0.264 e. The van der Waals surface area contributed by atoms with Crippen LogP contribution in [0.15, 0.2) is 66.2 Å². The summed E-state index contributed by atoms with van der Waals surface area (Å²) in [7, 11) is -2.24. The highest BCUT2D eigenvalue weighted by Crippen LogP contribution is 2.39. The second-order valence-corrected chi connectivity index (χ2v) is 22.7. The number of hydrogen-bond acceptors (Lipinski definition) is 14. The Balaban J connectivity index is 0.953. The third-order valence-electron chi connectivity index (χ3n) is 13.0. The number of unbranched alkanes of at least 4 members (excludes halogenated alkanes) is 4. The number of aliphatic hydroxyl groups excluding tert-OH is 1. The van der Waals surface area contributed by atoms with E-state index in [2.05, 4.69) is 20.9 Å². The van der Waals surface area contributed by atoms with E-state index >= 15 is 0 Å². The van der Waals surface area contributed by atoms with E-state index in [0.29, 0.717) is 36.5 Å². The molecule has 1 saturated heterocycles. The minimum Gasteiger partial charge on any atom is -0.493 e. The third kappa shape index (κ3) is 13.9. The van der Waals surface area contributed by atoms with Gasteiger partial charge in [0.05, 0.1) is 70.6 Å². The number of aldehydes is 1. The van der Waals surface area contributed by atoms with Crippen LogP contribution in [0, 0.1) is 18.3 Å². The summed E-state index contributed by atoms with van der Waals surface area (Å²) in [5, 5.41) is 19.7. The van der Waals surface area contributed by atoms with Gasteiger partial charge in [-0.25, -0.2) is 13.4 Å². The Bertz CT molecular complexity index is 2700. The number of aromatic nitrogens is 1. The molecule has 1 aromatic heterocycles. The van der Waals surface area contributed by atoms with Crippen molar-refractivity contribution < 1.29 is 51.8 Å². The molecule has 72 heavy (non-hydrogen) atoms. The van der Waals surface area contributed by atoms with Gasteiger partial charge in [0.1, 0.15) is 22.2 Å². The largest absolute Gasteiger partial charge is 0.493 e. The molecule has 2 aliphatic rings. The fourth-order valence-electron chi connectivity index (χ4n) is 9.28. The number of methoxy groups -OCH3 is 1. The minimum atomic E-state index is -3.71. The van der Waals surface area contributed by atoms with Crippen LogP contribution in [0.3, 0.4) is 0 Å². The molecule has 0 saturated carbocycles. The lowest BCUT2D eigenvalue weighted by Gasteiger charge is -2.36. The lowest BCUT2D eigenvalue weighted by Crippen LogP contribution is -2.57. The van der Waals surface area contributed by atoms with Crippen molar-refractivity contribution in [3.8, 4) is 21.9 Å². The highest BCUT2D eigenvalue weighted by Gasteiger charge is 2.45. The number of nitrogens with one attached hydrogen (secondary N) is 3. The summed E-state index contributed by atoms with van der Waals surface area (Å²) >= 11 is 1.57. The Hall–Kier alpha value is -6.02. The van der Waals surface area contributed by atoms with Crippen molar-refractivity contribution in [3.63, 3.8) is 0 Å². The molecule has 4 N–H and O–H groups in total. The van der Waals surface area contributed by atoms with Crippen molar-refractivity contribution in [2.24, 2.45) is 11.3 Å². The molecule has 5 atom stereocenters. The van der Waals surface area contributed by atoms with E-state index in [9.17, 15) is 42.3 Å². The van der Waals surface area contributed by atoms with E-state index in [1.54, 1.807) is 42.5 Å². The van der Waals surface area contributed by atoms with E-state index in [1.807, 2.05) is 57.5 Å². The zero-order chi connectivity index (χ0) is 52.3. The lowest BCUT2D eigenvalue weighted by molar-refractivity contribution is -0.142. The lowest BCUT2D eigenvalue weighted by atomic mass is 9.85. The maximum absolute atomic E-state index is 14.2. The Morgan fingerprint density at radius 1 is 0.986 bits per heavy atom. The molecule has 1 unspecified atom stereocenters. The van der Waals surface area contributed by atoms with Crippen molar-refractivity contribution in [3.05, 3.63) is 94.1 Å². The van der Waals surface area contributed by atoms with Crippen molar-refractivity contribution in [2.75, 3.05) is 44.1 Å². The average molecular weight is 1030 g/mol. The molecule has 0 spiro atoms. The predicted octanol–water partition coefficient (Wildman–Crippen LogP) is 6.67. The molecule has 388 valence electrons. The molecule has 17 nitrogen and oxygen atoms in total. The van der Waals surface area contributed by atoms with Crippen molar-refractivity contribution in [1.29, 1.82) is 0 Å². The van der Waals surface area contributed by atoms with E-state index in [0.717, 1.165) is 64.8 Å². The molecule has 19 heteroatoms. The SMILES string of the molecule is CCOc1cc([C@@H](CS(C)(=O)=O)N2C(=O)c3cccc(NC(=O)CCCCCCCC(C=O)CN[C@H](C(=O)N4C[C@H](O)C[C@H]4C(=O)NCc4ccc(-c5scnc5C)cc4)C(C)(C)C)c3C2=O)ccc1OC. The number of aliphatic hydroxyl groups is 1. The molecule has 2 aliphatic heterocycles. The van der Waals surface area contributed by atoms with E-state index in [1.165, 1.54) is 24.1 Å². The van der Waals surface area contributed by atoms with Crippen LogP contribution in [0.2, 0.25) is 0 Å². The van der Waals surface area contributed by atoms with Crippen LogP contribution in [0.4, 0.5) is 5.69 Å². The first-order chi connectivity index (χ1) is 34.2. The number of aryl methyl sites for hydroxylation is 1. The maximum Gasteiger partial charge on any atom is 0.264 e. The molecule has 0 aliphatic carbocycles. The number of sulfone groups is 1. The number of ether oxygens (including phenoxy) is 2. The molecule has 1 fully saturated rings. The number of hydrogen-bond donors (Lipinski definition) is 4. The van der Waals surface area contributed by atoms with Gasteiger partial charge < -0.3 is 40.2 Å². The van der Waals surface area contributed by atoms with Gasteiger partial charge >= 0.3 is 0 Å². The molecule has 3 aromatic carbocycles. The normalized spacial score (nSPS) is 17.1. The molecule has 4 aromatic rings. The van der Waals surface area contributed by atoms with Gasteiger partial charge in [-0.2, -0.15) is 0 Å². The number of fused-ring (bicyclic) bond motifs is 1. The van der Waals surface area contributed by atoms with Gasteiger partial charge in [-0.05, 0) is 73.1 Å². The molecule has 6 rings (SSSR count). The topological polar surface area (TPSA) is 231 Å². The number of benzene rings is 3. The number of amides is 5. The molecule has 3 heterocycles. The Labute approximate surface area is 426 Å². The quantitative estimate of drug-likeness (QED) is 0.0309. The Morgan fingerprint density at radius 2 is 1.71 bits per heavy atom. The van der Waals surface area contributed by atoms with Crippen LogP contribution < -0.4 is 25.4 Å². The van der Waals surface area contributed by atoms with Gasteiger partial charge in [0.25, 0.3) is 11.8 Å². The Morgan fingerprint density at radius 3 is 2.36 bits per heavy atom. The fraction of sp³-hybridized carbons (Fsp3) is 0.491. The first-order valence-electron chi connectivity index (χ1n) is 24.5. The summed E-state index contributed by atoms with van der Waals surface area (Å²) in [4.78, 5) is 88.8. The van der Waals surface area contributed by atoms with Crippen LogP contribution in [0.25, 0.3) is 10.4 Å². The third-order valence-corrected chi connectivity index (χ3v) is 14.9. The van der Waals surface area contributed by atoms with Crippen LogP contribution in [-0.2, 0) is 35.6 Å². The second kappa shape index (κ2) is 24.6. The summed E-state index contributed by atoms with van der Waals surface area (Å²) in [6.07, 6.45) is 5.56. The predicted molar refractivity (Wildman–Crippen MR) is 276 cm³/mol. The summed E-state index contributed by atoms with van der Waals surface area (Å²) in [6, 6.07) is 14.4. The first kappa shape index (κ1) is 55.3. The number of rotatable bonds is 25. The van der Waals surface area contributed by atoms with Gasteiger partial charge in [0, 0.05) is 44.6 Å². The zero-order valence-electron chi connectivity index (χ0n) is 42.2.